The van der Waals surface area contributed by atoms with Crippen molar-refractivity contribution in [3.05, 3.63) is 35.4 Å². The van der Waals surface area contributed by atoms with Gasteiger partial charge in [-0.3, -0.25) is 0 Å². The molecule has 0 aromatic heterocycles. The van der Waals surface area contributed by atoms with Gasteiger partial charge in [0.25, 0.3) is 0 Å². The Bertz CT molecular complexity index is 327. The highest BCUT2D eigenvalue weighted by Gasteiger charge is 2.18. The van der Waals surface area contributed by atoms with Crippen molar-refractivity contribution >= 4 is 0 Å². The van der Waals surface area contributed by atoms with Gasteiger partial charge in [0.15, 0.2) is 0 Å². The molecule has 0 bridgehead atoms. The van der Waals surface area contributed by atoms with Gasteiger partial charge in [0.1, 0.15) is 0 Å². The van der Waals surface area contributed by atoms with E-state index in [1.54, 1.807) is 0 Å². The minimum absolute atomic E-state index is 0.747. The Morgan fingerprint density at radius 3 is 2.75 bits per heavy atom. The molecule has 0 atom stereocenters. The summed E-state index contributed by atoms with van der Waals surface area (Å²) in [6, 6.07) is 8.99. The molecule has 0 spiro atoms. The number of likely N-dealkylation sites (tertiary alicyclic amines) is 1. The third-order valence-electron chi connectivity index (χ3n) is 3.57. The third-order valence-corrected chi connectivity index (χ3v) is 3.57. The second kappa shape index (κ2) is 5.46. The zero-order valence-corrected chi connectivity index (χ0v) is 10.2. The summed E-state index contributed by atoms with van der Waals surface area (Å²) >= 11 is 0. The van der Waals surface area contributed by atoms with Gasteiger partial charge in [-0.2, -0.15) is 0 Å². The van der Waals surface area contributed by atoms with Gasteiger partial charge in [0, 0.05) is 0 Å². The normalized spacial score (nSPS) is 18.9. The van der Waals surface area contributed by atoms with E-state index in [1.807, 2.05) is 0 Å². The molecule has 2 nitrogen and oxygen atoms in total. The number of hydrogen-bond donors (Lipinski definition) is 1. The van der Waals surface area contributed by atoms with Gasteiger partial charge >= 0.3 is 0 Å². The molecule has 0 amide bonds. The number of rotatable bonds is 3. The second-order valence-corrected chi connectivity index (χ2v) is 4.86. The van der Waals surface area contributed by atoms with E-state index in [1.165, 1.54) is 37.1 Å². The Hall–Kier alpha value is -0.860. The Morgan fingerprint density at radius 1 is 1.31 bits per heavy atom. The first-order chi connectivity index (χ1) is 7.79. The summed E-state index contributed by atoms with van der Waals surface area (Å²) in [5, 5.41) is 0. The van der Waals surface area contributed by atoms with Gasteiger partial charge in [-0.25, -0.2) is 0 Å². The van der Waals surface area contributed by atoms with Crippen LogP contribution in [0.3, 0.4) is 0 Å². The highest BCUT2D eigenvalue weighted by Crippen LogP contribution is 2.27. The van der Waals surface area contributed by atoms with Crippen molar-refractivity contribution in [3.63, 3.8) is 0 Å². The minimum Gasteiger partial charge on any atom is -0.330 e. The van der Waals surface area contributed by atoms with Crippen molar-refractivity contribution < 1.29 is 0 Å². The number of benzene rings is 1. The summed E-state index contributed by atoms with van der Waals surface area (Å²) in [5.74, 6) is 0.758. The van der Waals surface area contributed by atoms with Gasteiger partial charge < -0.3 is 10.6 Å². The average molecular weight is 218 g/mol. The van der Waals surface area contributed by atoms with Gasteiger partial charge in [-0.1, -0.05) is 24.3 Å². The lowest BCUT2D eigenvalue weighted by Crippen LogP contribution is -2.29. The summed E-state index contributed by atoms with van der Waals surface area (Å²) in [6.07, 6.45) is 3.59. The van der Waals surface area contributed by atoms with E-state index in [9.17, 15) is 0 Å². The Balaban J connectivity index is 2.05. The molecule has 0 saturated carbocycles. The van der Waals surface area contributed by atoms with Crippen LogP contribution in [0.4, 0.5) is 0 Å². The summed E-state index contributed by atoms with van der Waals surface area (Å²) in [7, 11) is 2.21. The summed E-state index contributed by atoms with van der Waals surface area (Å²) in [4.78, 5) is 2.42. The fourth-order valence-electron chi connectivity index (χ4n) is 2.51. The standard InChI is InChI=1S/C14H22N2/c1-16-9-6-13(7-10-16)14-4-2-3-12(11-14)5-8-15/h2-4,11,13H,5-10,15H2,1H3. The van der Waals surface area contributed by atoms with Crippen LogP contribution in [-0.2, 0) is 6.42 Å². The first kappa shape index (κ1) is 11.6. The molecule has 1 aliphatic heterocycles. The molecule has 1 aliphatic rings. The van der Waals surface area contributed by atoms with Crippen LogP contribution < -0.4 is 5.73 Å². The maximum Gasteiger partial charge on any atom is -0.00159 e. The smallest absolute Gasteiger partial charge is 0.00159 e. The fourth-order valence-corrected chi connectivity index (χ4v) is 2.51. The number of nitrogens with two attached hydrogens (primary N) is 1. The van der Waals surface area contributed by atoms with E-state index in [0.29, 0.717) is 0 Å². The lowest BCUT2D eigenvalue weighted by atomic mass is 9.88. The summed E-state index contributed by atoms with van der Waals surface area (Å²) < 4.78 is 0. The maximum atomic E-state index is 5.60. The Labute approximate surface area is 98.4 Å². The number of nitrogens with zero attached hydrogens (tertiary/aromatic N) is 1. The topological polar surface area (TPSA) is 29.3 Å². The van der Waals surface area contributed by atoms with Crippen LogP contribution >= 0.6 is 0 Å². The van der Waals surface area contributed by atoms with Crippen LogP contribution in [0, 0.1) is 0 Å². The van der Waals surface area contributed by atoms with Gasteiger partial charge in [0.05, 0.1) is 0 Å². The Morgan fingerprint density at radius 2 is 2.06 bits per heavy atom. The molecular weight excluding hydrogens is 196 g/mol. The van der Waals surface area contributed by atoms with E-state index in [4.69, 9.17) is 5.73 Å². The monoisotopic (exact) mass is 218 g/mol. The molecular formula is C14H22N2. The molecule has 1 aromatic carbocycles. The predicted octanol–water partition coefficient (Wildman–Crippen LogP) is 2.00. The van der Waals surface area contributed by atoms with Crippen LogP contribution in [0.15, 0.2) is 24.3 Å². The molecule has 0 aliphatic carbocycles. The largest absolute Gasteiger partial charge is 0.330 e. The molecule has 88 valence electrons. The highest BCUT2D eigenvalue weighted by molar-refractivity contribution is 5.27. The molecule has 16 heavy (non-hydrogen) atoms. The van der Waals surface area contributed by atoms with E-state index in [-0.39, 0.29) is 0 Å². The molecule has 1 heterocycles. The number of piperidine rings is 1. The molecule has 0 unspecified atom stereocenters. The zero-order chi connectivity index (χ0) is 11.4. The Kier molecular flexibility index (Phi) is 3.97. The summed E-state index contributed by atoms with van der Waals surface area (Å²) in [5.41, 5.74) is 8.50. The third kappa shape index (κ3) is 2.83. The average Bonchev–Trinajstić information content (AvgIpc) is 2.31. The van der Waals surface area contributed by atoms with E-state index < -0.39 is 0 Å². The van der Waals surface area contributed by atoms with Crippen LogP contribution in [0.5, 0.6) is 0 Å². The SMILES string of the molecule is CN1CCC(c2cccc(CCN)c2)CC1. The van der Waals surface area contributed by atoms with E-state index >= 15 is 0 Å². The zero-order valence-electron chi connectivity index (χ0n) is 10.2. The second-order valence-electron chi connectivity index (χ2n) is 4.86. The molecule has 1 fully saturated rings. The fraction of sp³-hybridized carbons (Fsp3) is 0.571. The molecule has 2 N–H and O–H groups in total. The van der Waals surface area contributed by atoms with Gasteiger partial charge in [-0.15, -0.1) is 0 Å². The molecule has 1 aromatic rings. The van der Waals surface area contributed by atoms with Crippen molar-refractivity contribution in [1.29, 1.82) is 0 Å². The van der Waals surface area contributed by atoms with Crippen molar-refractivity contribution in [1.82, 2.24) is 4.90 Å². The minimum atomic E-state index is 0.747. The predicted molar refractivity (Wildman–Crippen MR) is 68.7 cm³/mol. The first-order valence-corrected chi connectivity index (χ1v) is 6.27. The summed E-state index contributed by atoms with van der Waals surface area (Å²) in [6.45, 7) is 3.20. The van der Waals surface area contributed by atoms with Gasteiger partial charge in [0.2, 0.25) is 0 Å². The molecule has 0 radical (unpaired) electrons. The number of hydrogen-bond acceptors (Lipinski definition) is 2. The lowest BCUT2D eigenvalue weighted by molar-refractivity contribution is 0.255. The first-order valence-electron chi connectivity index (χ1n) is 6.27. The van der Waals surface area contributed by atoms with E-state index in [2.05, 4.69) is 36.2 Å². The molecule has 1 saturated heterocycles. The van der Waals surface area contributed by atoms with E-state index in [0.717, 1.165) is 18.9 Å². The lowest BCUT2D eigenvalue weighted by Gasteiger charge is -2.29. The van der Waals surface area contributed by atoms with Crippen molar-refractivity contribution in [2.45, 2.75) is 25.2 Å². The van der Waals surface area contributed by atoms with Crippen LogP contribution in [-0.4, -0.2) is 31.6 Å². The van der Waals surface area contributed by atoms with Crippen LogP contribution in [0.2, 0.25) is 0 Å². The molecule has 2 rings (SSSR count). The maximum absolute atomic E-state index is 5.60. The van der Waals surface area contributed by atoms with Crippen molar-refractivity contribution in [2.24, 2.45) is 5.73 Å². The van der Waals surface area contributed by atoms with Gasteiger partial charge in [-0.05, 0) is 63.0 Å². The van der Waals surface area contributed by atoms with Crippen molar-refractivity contribution in [2.75, 3.05) is 26.7 Å². The quantitative estimate of drug-likeness (QED) is 0.841. The van der Waals surface area contributed by atoms with Crippen molar-refractivity contribution in [3.8, 4) is 0 Å². The van der Waals surface area contributed by atoms with Crippen LogP contribution in [0.25, 0.3) is 0 Å². The van der Waals surface area contributed by atoms with Crippen LogP contribution in [0.1, 0.15) is 29.9 Å². The molecule has 2 heteroatoms. The highest BCUT2D eigenvalue weighted by atomic mass is 15.1.